The normalized spacial score (nSPS) is 15.8. The number of carbonyl (C=O) groups is 1. The minimum Gasteiger partial charge on any atom is -0.293 e. The second-order valence-corrected chi connectivity index (χ2v) is 5.00. The fourth-order valence-corrected chi connectivity index (χ4v) is 2.52. The van der Waals surface area contributed by atoms with Gasteiger partial charge in [-0.2, -0.15) is 0 Å². The van der Waals surface area contributed by atoms with Crippen molar-refractivity contribution >= 4 is 5.91 Å². The Morgan fingerprint density at radius 3 is 2.05 bits per heavy atom. The van der Waals surface area contributed by atoms with Crippen molar-refractivity contribution in [3.8, 4) is 11.1 Å². The number of rotatable bonds is 3. The highest BCUT2D eigenvalue weighted by Gasteiger charge is 2.50. The highest BCUT2D eigenvalue weighted by Crippen LogP contribution is 2.48. The number of hydrazine groups is 1. The minimum atomic E-state index is -0.385. The number of nitrogens with two attached hydrogens (primary N) is 1. The summed E-state index contributed by atoms with van der Waals surface area (Å²) in [6, 6.07) is 18.4. The highest BCUT2D eigenvalue weighted by atomic mass is 16.2. The summed E-state index contributed by atoms with van der Waals surface area (Å²) in [7, 11) is 0. The molecule has 96 valence electrons. The molecule has 1 saturated carbocycles. The van der Waals surface area contributed by atoms with E-state index in [2.05, 4.69) is 29.7 Å². The molecule has 3 rings (SSSR count). The summed E-state index contributed by atoms with van der Waals surface area (Å²) in [6.45, 7) is 0. The van der Waals surface area contributed by atoms with Gasteiger partial charge in [0, 0.05) is 0 Å². The van der Waals surface area contributed by atoms with Crippen LogP contribution in [0, 0.1) is 0 Å². The average molecular weight is 252 g/mol. The van der Waals surface area contributed by atoms with Gasteiger partial charge in [0.15, 0.2) is 0 Å². The molecule has 0 aliphatic heterocycles. The molecule has 3 heteroatoms. The lowest BCUT2D eigenvalue weighted by Gasteiger charge is -2.14. The van der Waals surface area contributed by atoms with E-state index in [4.69, 9.17) is 5.84 Å². The Kier molecular flexibility index (Phi) is 2.84. The van der Waals surface area contributed by atoms with Crippen molar-refractivity contribution in [1.82, 2.24) is 5.43 Å². The van der Waals surface area contributed by atoms with Crippen LogP contribution >= 0.6 is 0 Å². The van der Waals surface area contributed by atoms with Crippen LogP contribution in [0.1, 0.15) is 18.4 Å². The van der Waals surface area contributed by atoms with Crippen LogP contribution in [-0.4, -0.2) is 5.91 Å². The summed E-state index contributed by atoms with van der Waals surface area (Å²) in [5.41, 5.74) is 5.28. The van der Waals surface area contributed by atoms with Gasteiger partial charge in [-0.15, -0.1) is 0 Å². The lowest BCUT2D eigenvalue weighted by molar-refractivity contribution is -0.123. The average Bonchev–Trinajstić information content (AvgIpc) is 3.29. The predicted molar refractivity (Wildman–Crippen MR) is 75.1 cm³/mol. The molecule has 0 saturated heterocycles. The molecule has 1 fully saturated rings. The maximum Gasteiger partial charge on any atom is 0.244 e. The maximum absolute atomic E-state index is 11.8. The van der Waals surface area contributed by atoms with Crippen molar-refractivity contribution in [2.24, 2.45) is 5.84 Å². The lowest BCUT2D eigenvalue weighted by Crippen LogP contribution is -2.39. The van der Waals surface area contributed by atoms with E-state index in [0.29, 0.717) is 0 Å². The molecule has 0 atom stereocenters. The van der Waals surface area contributed by atoms with Crippen LogP contribution in [-0.2, 0) is 10.2 Å². The van der Waals surface area contributed by atoms with Gasteiger partial charge in [-0.1, -0.05) is 54.6 Å². The fraction of sp³-hybridized carbons (Fsp3) is 0.188. The molecule has 0 radical (unpaired) electrons. The van der Waals surface area contributed by atoms with E-state index in [-0.39, 0.29) is 11.3 Å². The first-order valence-electron chi connectivity index (χ1n) is 6.43. The second kappa shape index (κ2) is 4.52. The molecule has 3 nitrogen and oxygen atoms in total. The third kappa shape index (κ3) is 2.02. The molecule has 0 heterocycles. The summed E-state index contributed by atoms with van der Waals surface area (Å²) in [5.74, 6) is 5.17. The molecule has 1 amide bonds. The van der Waals surface area contributed by atoms with Gasteiger partial charge in [-0.05, 0) is 29.5 Å². The Balaban J connectivity index is 1.90. The van der Waals surface area contributed by atoms with E-state index in [1.165, 1.54) is 5.56 Å². The number of hydrogen-bond acceptors (Lipinski definition) is 2. The van der Waals surface area contributed by atoms with E-state index in [9.17, 15) is 4.79 Å². The summed E-state index contributed by atoms with van der Waals surface area (Å²) in [6.07, 6.45) is 1.75. The van der Waals surface area contributed by atoms with Crippen molar-refractivity contribution in [3.05, 3.63) is 60.2 Å². The van der Waals surface area contributed by atoms with Gasteiger partial charge in [0.25, 0.3) is 0 Å². The van der Waals surface area contributed by atoms with Crippen molar-refractivity contribution in [2.75, 3.05) is 0 Å². The van der Waals surface area contributed by atoms with Crippen LogP contribution in [0.4, 0.5) is 0 Å². The number of hydrogen-bond donors (Lipinski definition) is 2. The number of benzene rings is 2. The zero-order valence-corrected chi connectivity index (χ0v) is 10.6. The molecular formula is C16H16N2O. The monoisotopic (exact) mass is 252 g/mol. The summed E-state index contributed by atoms with van der Waals surface area (Å²) in [5, 5.41) is 0. The number of nitrogens with one attached hydrogen (secondary N) is 1. The van der Waals surface area contributed by atoms with Crippen LogP contribution in [0.3, 0.4) is 0 Å². The Labute approximate surface area is 112 Å². The van der Waals surface area contributed by atoms with Gasteiger partial charge in [-0.3, -0.25) is 10.2 Å². The quantitative estimate of drug-likeness (QED) is 0.500. The Bertz CT molecular complexity index is 586. The number of carbonyl (C=O) groups excluding carboxylic acids is 1. The maximum atomic E-state index is 11.8. The van der Waals surface area contributed by atoms with E-state index in [1.807, 2.05) is 30.3 Å². The van der Waals surface area contributed by atoms with Gasteiger partial charge in [0.05, 0.1) is 5.41 Å². The topological polar surface area (TPSA) is 55.1 Å². The first-order chi connectivity index (χ1) is 9.26. The third-order valence-corrected chi connectivity index (χ3v) is 3.86. The van der Waals surface area contributed by atoms with Crippen LogP contribution in [0.25, 0.3) is 11.1 Å². The van der Waals surface area contributed by atoms with E-state index < -0.39 is 0 Å². The first-order valence-corrected chi connectivity index (χ1v) is 6.43. The molecule has 1 aliphatic rings. The van der Waals surface area contributed by atoms with E-state index in [1.54, 1.807) is 0 Å². The third-order valence-electron chi connectivity index (χ3n) is 3.86. The summed E-state index contributed by atoms with van der Waals surface area (Å²) >= 11 is 0. The van der Waals surface area contributed by atoms with E-state index in [0.717, 1.165) is 24.0 Å². The molecule has 0 spiro atoms. The van der Waals surface area contributed by atoms with Gasteiger partial charge in [0.2, 0.25) is 5.91 Å². The van der Waals surface area contributed by atoms with Gasteiger partial charge < -0.3 is 0 Å². The summed E-state index contributed by atoms with van der Waals surface area (Å²) in [4.78, 5) is 11.8. The standard InChI is InChI=1S/C16H16N2O/c17-18-15(19)16(10-11-16)14-8-6-13(7-9-14)12-4-2-1-3-5-12/h1-9H,10-11,17H2,(H,18,19). The molecule has 1 aliphatic carbocycles. The van der Waals surface area contributed by atoms with Crippen LogP contribution in [0.15, 0.2) is 54.6 Å². The highest BCUT2D eigenvalue weighted by molar-refractivity contribution is 5.91. The SMILES string of the molecule is NNC(=O)C1(c2ccc(-c3ccccc3)cc2)CC1. The zero-order valence-electron chi connectivity index (χ0n) is 10.6. The Morgan fingerprint density at radius 2 is 1.53 bits per heavy atom. The molecule has 0 aromatic heterocycles. The lowest BCUT2D eigenvalue weighted by atomic mass is 9.93. The van der Waals surface area contributed by atoms with Crippen molar-refractivity contribution in [2.45, 2.75) is 18.3 Å². The zero-order chi connectivity index (χ0) is 13.3. The van der Waals surface area contributed by atoms with Gasteiger partial charge in [-0.25, -0.2) is 5.84 Å². The van der Waals surface area contributed by atoms with E-state index >= 15 is 0 Å². The minimum absolute atomic E-state index is 0.0834. The van der Waals surface area contributed by atoms with Crippen LogP contribution in [0.5, 0.6) is 0 Å². The molecule has 3 N–H and O–H groups in total. The molecule has 2 aromatic rings. The molecule has 0 unspecified atom stereocenters. The first kappa shape index (κ1) is 11.9. The fourth-order valence-electron chi connectivity index (χ4n) is 2.52. The van der Waals surface area contributed by atoms with Crippen molar-refractivity contribution in [1.29, 1.82) is 0 Å². The Morgan fingerprint density at radius 1 is 0.947 bits per heavy atom. The predicted octanol–water partition coefficient (Wildman–Crippen LogP) is 2.38. The summed E-state index contributed by atoms with van der Waals surface area (Å²) < 4.78 is 0. The van der Waals surface area contributed by atoms with Gasteiger partial charge in [0.1, 0.15) is 0 Å². The van der Waals surface area contributed by atoms with Gasteiger partial charge >= 0.3 is 0 Å². The second-order valence-electron chi connectivity index (χ2n) is 5.00. The molecular weight excluding hydrogens is 236 g/mol. The Hall–Kier alpha value is -2.13. The molecule has 2 aromatic carbocycles. The smallest absolute Gasteiger partial charge is 0.244 e. The van der Waals surface area contributed by atoms with Crippen molar-refractivity contribution in [3.63, 3.8) is 0 Å². The van der Waals surface area contributed by atoms with Crippen molar-refractivity contribution < 1.29 is 4.79 Å². The molecule has 0 bridgehead atoms. The number of amides is 1. The van der Waals surface area contributed by atoms with Crippen LogP contribution < -0.4 is 11.3 Å². The molecule has 19 heavy (non-hydrogen) atoms. The largest absolute Gasteiger partial charge is 0.293 e. The van der Waals surface area contributed by atoms with Crippen LogP contribution in [0.2, 0.25) is 0 Å².